The normalized spacial score (nSPS) is 30.0. The highest BCUT2D eigenvalue weighted by molar-refractivity contribution is 8.02. The molecule has 1 spiro atoms. The number of hydrogen-bond acceptors (Lipinski definition) is 5. The number of aryl methyl sites for hydroxylation is 1. The van der Waals surface area contributed by atoms with Crippen LogP contribution >= 0.6 is 23.4 Å². The van der Waals surface area contributed by atoms with Crippen LogP contribution in [0.25, 0.3) is 0 Å². The molecule has 0 saturated carbocycles. The van der Waals surface area contributed by atoms with Gasteiger partial charge in [0.1, 0.15) is 6.04 Å². The second-order valence-electron chi connectivity index (χ2n) is 11.7. The number of rotatable bonds is 8. The molecule has 9 heteroatoms. The molecule has 3 saturated heterocycles. The maximum Gasteiger partial charge on any atom is 0.248 e. The zero-order valence-electron chi connectivity index (χ0n) is 22.7. The predicted molar refractivity (Wildman–Crippen MR) is 156 cm³/mol. The van der Waals surface area contributed by atoms with E-state index >= 15 is 0 Å². The Morgan fingerprint density at radius 3 is 2.46 bits per heavy atom. The summed E-state index contributed by atoms with van der Waals surface area (Å²) in [6.45, 7) is 7.72. The number of para-hydroxylation sites is 2. The maximum atomic E-state index is 14.4. The van der Waals surface area contributed by atoms with E-state index in [0.717, 1.165) is 5.56 Å². The summed E-state index contributed by atoms with van der Waals surface area (Å²) in [6, 6.07) is 13.3. The molecule has 0 aliphatic carbocycles. The van der Waals surface area contributed by atoms with Crippen molar-refractivity contribution < 1.29 is 19.5 Å². The van der Waals surface area contributed by atoms with Gasteiger partial charge < -0.3 is 20.6 Å². The molecule has 2 unspecified atom stereocenters. The highest BCUT2D eigenvalue weighted by Crippen LogP contribution is 2.71. The number of aliphatic hydroxyl groups is 1. The van der Waals surface area contributed by atoms with E-state index in [4.69, 9.17) is 11.6 Å². The van der Waals surface area contributed by atoms with Crippen molar-refractivity contribution in [1.29, 1.82) is 0 Å². The largest absolute Gasteiger partial charge is 0.394 e. The molecule has 3 fully saturated rings. The highest BCUT2D eigenvalue weighted by Gasteiger charge is 2.77. The van der Waals surface area contributed by atoms with Crippen LogP contribution in [0.4, 0.5) is 11.4 Å². The van der Waals surface area contributed by atoms with Crippen molar-refractivity contribution in [3.8, 4) is 0 Å². The molecule has 3 aliphatic rings. The van der Waals surface area contributed by atoms with Crippen molar-refractivity contribution in [3.05, 3.63) is 59.1 Å². The Balaban J connectivity index is 1.56. The number of nitrogens with zero attached hydrogens (tertiary/aromatic N) is 1. The van der Waals surface area contributed by atoms with E-state index in [0.29, 0.717) is 35.7 Å². The van der Waals surface area contributed by atoms with Crippen LogP contribution in [0, 0.1) is 24.7 Å². The maximum absolute atomic E-state index is 14.4. The molecule has 39 heavy (non-hydrogen) atoms. The molecule has 3 N–H and O–H groups in total. The third-order valence-electron chi connectivity index (χ3n) is 8.60. The van der Waals surface area contributed by atoms with Crippen LogP contribution in [-0.4, -0.2) is 55.9 Å². The lowest BCUT2D eigenvalue weighted by Gasteiger charge is -2.37. The Hall–Kier alpha value is -2.55. The number of fused-ring (bicyclic) bond motifs is 1. The number of nitrogens with one attached hydrogen (secondary N) is 2. The van der Waals surface area contributed by atoms with Crippen LogP contribution in [-0.2, 0) is 14.4 Å². The van der Waals surface area contributed by atoms with Gasteiger partial charge in [0, 0.05) is 10.4 Å². The first-order valence-corrected chi connectivity index (χ1v) is 14.8. The number of carbonyl (C=O) groups excluding carboxylic acids is 3. The number of thioether (sulfide) groups is 1. The van der Waals surface area contributed by atoms with Crippen molar-refractivity contribution in [2.75, 3.05) is 17.2 Å². The standard InChI is InChI=1S/C30H36ClN3O4S/c1-17(2)15-20(16-35)34-25(27(37)33-24-18(3)9-8-12-21(24)31)30-14-13-29(4,39-30)22(23(30)28(34)38)26(36)32-19-10-6-5-7-11-19/h5-12,17,20,22-23,25,35H,13-16H2,1-4H3,(H,32,36)(H,33,37)/t20-,22+,23+,25?,29-,30?/m1/s1. The third-order valence-corrected chi connectivity index (χ3v) is 10.9. The first kappa shape index (κ1) is 28.0. The Labute approximate surface area is 239 Å². The fourth-order valence-electron chi connectivity index (χ4n) is 7.00. The van der Waals surface area contributed by atoms with Gasteiger partial charge in [0.05, 0.1) is 39.9 Å². The van der Waals surface area contributed by atoms with Crippen molar-refractivity contribution >= 4 is 52.5 Å². The van der Waals surface area contributed by atoms with E-state index in [1.165, 1.54) is 0 Å². The van der Waals surface area contributed by atoms with Gasteiger partial charge in [-0.2, -0.15) is 0 Å². The van der Waals surface area contributed by atoms with Gasteiger partial charge in [-0.15, -0.1) is 11.8 Å². The summed E-state index contributed by atoms with van der Waals surface area (Å²) in [6.07, 6.45) is 1.89. The van der Waals surface area contributed by atoms with Crippen LogP contribution in [0.1, 0.15) is 45.6 Å². The number of hydrogen-bond donors (Lipinski definition) is 3. The van der Waals surface area contributed by atoms with Gasteiger partial charge in [-0.1, -0.05) is 55.8 Å². The van der Waals surface area contributed by atoms with Crippen molar-refractivity contribution in [2.45, 2.75) is 68.5 Å². The van der Waals surface area contributed by atoms with E-state index < -0.39 is 33.4 Å². The number of benzene rings is 2. The molecule has 3 amide bonds. The number of likely N-dealkylation sites (tertiary alicyclic amines) is 1. The Bertz CT molecular complexity index is 1270. The first-order chi connectivity index (χ1) is 18.5. The van der Waals surface area contributed by atoms with E-state index in [1.54, 1.807) is 22.7 Å². The zero-order valence-corrected chi connectivity index (χ0v) is 24.3. The molecular formula is C30H36ClN3O4S. The van der Waals surface area contributed by atoms with Gasteiger partial charge in [0.2, 0.25) is 17.7 Å². The van der Waals surface area contributed by atoms with E-state index in [9.17, 15) is 19.5 Å². The lowest BCUT2D eigenvalue weighted by Crippen LogP contribution is -2.55. The second kappa shape index (κ2) is 10.5. The fourth-order valence-corrected chi connectivity index (χ4v) is 9.61. The van der Waals surface area contributed by atoms with Crippen molar-refractivity contribution in [3.63, 3.8) is 0 Å². The SMILES string of the molecule is Cc1cccc(Cl)c1NC(=O)C1N([C@@H](CO)CC(C)C)C(=O)[C@@H]2[C@@H](C(=O)Nc3ccccc3)[C@@]3(C)CCC12S3. The second-order valence-corrected chi connectivity index (χ2v) is 14.0. The molecule has 3 heterocycles. The highest BCUT2D eigenvalue weighted by atomic mass is 35.5. The Morgan fingerprint density at radius 2 is 1.82 bits per heavy atom. The molecular weight excluding hydrogens is 534 g/mol. The summed E-state index contributed by atoms with van der Waals surface area (Å²) in [4.78, 5) is 44.0. The van der Waals surface area contributed by atoms with Gasteiger partial charge in [0.15, 0.2) is 0 Å². The van der Waals surface area contributed by atoms with Crippen molar-refractivity contribution in [2.24, 2.45) is 17.8 Å². The smallest absolute Gasteiger partial charge is 0.248 e. The molecule has 5 rings (SSSR count). The minimum absolute atomic E-state index is 0.195. The van der Waals surface area contributed by atoms with Gasteiger partial charge in [-0.25, -0.2) is 0 Å². The molecule has 2 aromatic rings. The van der Waals surface area contributed by atoms with Crippen LogP contribution in [0.3, 0.4) is 0 Å². The minimum Gasteiger partial charge on any atom is -0.394 e. The summed E-state index contributed by atoms with van der Waals surface area (Å²) >= 11 is 8.07. The summed E-state index contributed by atoms with van der Waals surface area (Å²) < 4.78 is -1.27. The summed E-state index contributed by atoms with van der Waals surface area (Å²) in [7, 11) is 0. The Morgan fingerprint density at radius 1 is 1.10 bits per heavy atom. The molecule has 2 bridgehead atoms. The number of anilines is 2. The molecule has 0 radical (unpaired) electrons. The number of carbonyl (C=O) groups is 3. The van der Waals surface area contributed by atoms with Gasteiger partial charge in [-0.05, 0) is 62.8 Å². The molecule has 208 valence electrons. The molecule has 3 aliphatic heterocycles. The lowest BCUT2D eigenvalue weighted by atomic mass is 9.66. The third kappa shape index (κ3) is 4.64. The quantitative estimate of drug-likeness (QED) is 0.410. The topological polar surface area (TPSA) is 98.7 Å². The van der Waals surface area contributed by atoms with Crippen LogP contribution in [0.5, 0.6) is 0 Å². The Kier molecular flexibility index (Phi) is 7.50. The van der Waals surface area contributed by atoms with E-state index in [-0.39, 0.29) is 30.2 Å². The summed E-state index contributed by atoms with van der Waals surface area (Å²) in [5.74, 6) is -1.84. The van der Waals surface area contributed by atoms with Gasteiger partial charge >= 0.3 is 0 Å². The van der Waals surface area contributed by atoms with E-state index in [2.05, 4.69) is 10.6 Å². The molecule has 7 nitrogen and oxygen atoms in total. The van der Waals surface area contributed by atoms with Crippen LogP contribution in [0.15, 0.2) is 48.5 Å². The number of aliphatic hydroxyl groups excluding tert-OH is 1. The minimum atomic E-state index is -0.845. The lowest BCUT2D eigenvalue weighted by molar-refractivity contribution is -0.142. The fraction of sp³-hybridized carbons (Fsp3) is 0.500. The summed E-state index contributed by atoms with van der Waals surface area (Å²) in [5, 5.41) is 16.9. The van der Waals surface area contributed by atoms with Crippen LogP contribution in [0.2, 0.25) is 5.02 Å². The number of amides is 3. The zero-order chi connectivity index (χ0) is 28.1. The molecule has 2 aromatic carbocycles. The number of halogens is 1. The molecule has 6 atom stereocenters. The van der Waals surface area contributed by atoms with Crippen LogP contribution < -0.4 is 10.6 Å². The predicted octanol–water partition coefficient (Wildman–Crippen LogP) is 5.11. The average Bonchev–Trinajstić information content (AvgIpc) is 3.46. The van der Waals surface area contributed by atoms with Gasteiger partial charge in [0.25, 0.3) is 0 Å². The van der Waals surface area contributed by atoms with Gasteiger partial charge in [-0.3, -0.25) is 14.4 Å². The first-order valence-electron chi connectivity index (χ1n) is 13.6. The molecule has 0 aromatic heterocycles. The summed E-state index contributed by atoms with van der Waals surface area (Å²) in [5.41, 5.74) is 2.01. The van der Waals surface area contributed by atoms with Crippen molar-refractivity contribution in [1.82, 2.24) is 4.90 Å². The van der Waals surface area contributed by atoms with E-state index in [1.807, 2.05) is 70.2 Å². The average molecular weight is 570 g/mol. The monoisotopic (exact) mass is 569 g/mol.